The molecule has 8 heteroatoms. The van der Waals surface area contributed by atoms with Gasteiger partial charge in [0.15, 0.2) is 18.1 Å². The molecule has 0 radical (unpaired) electrons. The van der Waals surface area contributed by atoms with Crippen LogP contribution in [0.15, 0.2) is 71.8 Å². The number of aldehydes is 1. The van der Waals surface area contributed by atoms with E-state index in [0.717, 1.165) is 28.9 Å². The average molecular weight is 475 g/mol. The average Bonchev–Trinajstić information content (AvgIpc) is 3.37. The second-order valence-electron chi connectivity index (χ2n) is 7.83. The molecule has 1 unspecified atom stereocenters. The summed E-state index contributed by atoms with van der Waals surface area (Å²) in [5.74, 6) is 1.86. The highest BCUT2D eigenvalue weighted by atomic mass is 16.5. The van der Waals surface area contributed by atoms with Gasteiger partial charge in [-0.2, -0.15) is 5.10 Å². The zero-order valence-electron chi connectivity index (χ0n) is 19.8. The molecule has 1 amide bonds. The van der Waals surface area contributed by atoms with E-state index in [1.165, 1.54) is 12.1 Å². The first-order chi connectivity index (χ1) is 17.1. The second-order valence-corrected chi connectivity index (χ2v) is 7.83. The summed E-state index contributed by atoms with van der Waals surface area (Å²) >= 11 is 0. The molecule has 0 N–H and O–H groups in total. The summed E-state index contributed by atoms with van der Waals surface area (Å²) in [5.41, 5.74) is 3.03. The SMILES string of the molecule is COc1ccc(C2CC(c3cccc(OC)c3)=NN2C(=O)COc2ccc(C=O)cc2OC)cc1. The summed E-state index contributed by atoms with van der Waals surface area (Å²) in [6.07, 6.45) is 1.25. The van der Waals surface area contributed by atoms with Crippen LogP contribution in [0, 0.1) is 0 Å². The number of rotatable bonds is 9. The first-order valence-corrected chi connectivity index (χ1v) is 11.0. The molecular formula is C27H26N2O6. The third-order valence-electron chi connectivity index (χ3n) is 5.74. The van der Waals surface area contributed by atoms with Crippen molar-refractivity contribution in [2.24, 2.45) is 5.10 Å². The molecule has 0 saturated carbocycles. The standard InChI is InChI=1S/C27H26N2O6/c1-32-21-10-8-19(9-11-21)24-15-23(20-5-4-6-22(14-20)33-2)28-29(24)27(31)17-35-25-12-7-18(16-30)13-26(25)34-3/h4-14,16,24H,15,17H2,1-3H3. The lowest BCUT2D eigenvalue weighted by atomic mass is 9.98. The van der Waals surface area contributed by atoms with E-state index in [1.807, 2.05) is 48.5 Å². The molecule has 1 aliphatic heterocycles. The van der Waals surface area contributed by atoms with Gasteiger partial charge in [-0.1, -0.05) is 24.3 Å². The van der Waals surface area contributed by atoms with Crippen molar-refractivity contribution >= 4 is 17.9 Å². The molecule has 3 aromatic carbocycles. The van der Waals surface area contributed by atoms with E-state index in [0.29, 0.717) is 29.2 Å². The lowest BCUT2D eigenvalue weighted by molar-refractivity contribution is -0.135. The van der Waals surface area contributed by atoms with Crippen LogP contribution in [-0.2, 0) is 4.79 Å². The maximum absolute atomic E-state index is 13.3. The highest BCUT2D eigenvalue weighted by Crippen LogP contribution is 2.35. The number of amides is 1. The van der Waals surface area contributed by atoms with Crippen LogP contribution in [0.4, 0.5) is 0 Å². The molecule has 0 saturated heterocycles. The Morgan fingerprint density at radius 2 is 1.71 bits per heavy atom. The van der Waals surface area contributed by atoms with Crippen molar-refractivity contribution in [2.45, 2.75) is 12.5 Å². The van der Waals surface area contributed by atoms with Gasteiger partial charge >= 0.3 is 0 Å². The summed E-state index contributed by atoms with van der Waals surface area (Å²) in [7, 11) is 4.69. The van der Waals surface area contributed by atoms with Gasteiger partial charge in [-0.25, -0.2) is 5.01 Å². The minimum atomic E-state index is -0.315. The molecule has 0 bridgehead atoms. The molecule has 0 aromatic heterocycles. The first kappa shape index (κ1) is 23.8. The molecule has 0 spiro atoms. The van der Waals surface area contributed by atoms with Crippen LogP contribution in [-0.4, -0.2) is 50.9 Å². The molecule has 1 aliphatic rings. The van der Waals surface area contributed by atoms with Crippen LogP contribution in [0.5, 0.6) is 23.0 Å². The number of methoxy groups -OCH3 is 3. The molecule has 3 aromatic rings. The molecule has 1 heterocycles. The van der Waals surface area contributed by atoms with Crippen LogP contribution >= 0.6 is 0 Å². The molecule has 35 heavy (non-hydrogen) atoms. The van der Waals surface area contributed by atoms with Gasteiger partial charge in [-0.3, -0.25) is 9.59 Å². The predicted molar refractivity (Wildman–Crippen MR) is 131 cm³/mol. The second kappa shape index (κ2) is 10.7. The Hall–Kier alpha value is -4.33. The Labute approximate surface area is 203 Å². The Morgan fingerprint density at radius 1 is 0.943 bits per heavy atom. The fraction of sp³-hybridized carbons (Fsp3) is 0.222. The number of carbonyl (C=O) groups excluding carboxylic acids is 2. The third kappa shape index (κ3) is 5.27. The van der Waals surface area contributed by atoms with Gasteiger partial charge in [0.2, 0.25) is 0 Å². The fourth-order valence-electron chi connectivity index (χ4n) is 3.89. The number of hydrogen-bond acceptors (Lipinski definition) is 7. The van der Waals surface area contributed by atoms with Crippen LogP contribution in [0.2, 0.25) is 0 Å². The van der Waals surface area contributed by atoms with E-state index < -0.39 is 0 Å². The van der Waals surface area contributed by atoms with Gasteiger partial charge in [0.1, 0.15) is 17.8 Å². The van der Waals surface area contributed by atoms with Crippen LogP contribution in [0.3, 0.4) is 0 Å². The van der Waals surface area contributed by atoms with Crippen molar-refractivity contribution in [3.05, 3.63) is 83.4 Å². The molecule has 0 aliphatic carbocycles. The summed E-state index contributed by atoms with van der Waals surface area (Å²) in [6.45, 7) is -0.252. The Kier molecular flexibility index (Phi) is 7.30. The lowest BCUT2D eigenvalue weighted by Gasteiger charge is -2.22. The van der Waals surface area contributed by atoms with Crippen LogP contribution < -0.4 is 18.9 Å². The molecule has 1 atom stereocenters. The van der Waals surface area contributed by atoms with E-state index in [2.05, 4.69) is 5.10 Å². The number of nitrogens with zero attached hydrogens (tertiary/aromatic N) is 2. The Balaban J connectivity index is 1.60. The monoisotopic (exact) mass is 474 g/mol. The van der Waals surface area contributed by atoms with E-state index in [1.54, 1.807) is 32.4 Å². The Bertz CT molecular complexity index is 1240. The highest BCUT2D eigenvalue weighted by Gasteiger charge is 2.33. The van der Waals surface area contributed by atoms with Crippen molar-refractivity contribution in [2.75, 3.05) is 27.9 Å². The zero-order chi connectivity index (χ0) is 24.8. The normalized spacial score (nSPS) is 14.8. The fourth-order valence-corrected chi connectivity index (χ4v) is 3.89. The molecule has 0 fully saturated rings. The maximum atomic E-state index is 13.3. The molecule has 4 rings (SSSR count). The van der Waals surface area contributed by atoms with Gasteiger partial charge in [0.05, 0.1) is 33.1 Å². The van der Waals surface area contributed by atoms with Gasteiger partial charge in [0, 0.05) is 17.5 Å². The number of carbonyl (C=O) groups is 2. The van der Waals surface area contributed by atoms with Gasteiger partial charge < -0.3 is 18.9 Å². The molecule has 8 nitrogen and oxygen atoms in total. The van der Waals surface area contributed by atoms with Gasteiger partial charge in [-0.15, -0.1) is 0 Å². The van der Waals surface area contributed by atoms with E-state index >= 15 is 0 Å². The number of benzene rings is 3. The smallest absolute Gasteiger partial charge is 0.281 e. The van der Waals surface area contributed by atoms with E-state index in [4.69, 9.17) is 18.9 Å². The molecular weight excluding hydrogens is 448 g/mol. The summed E-state index contributed by atoms with van der Waals surface area (Å²) in [5, 5.41) is 6.13. The van der Waals surface area contributed by atoms with Crippen LogP contribution in [0.1, 0.15) is 33.9 Å². The largest absolute Gasteiger partial charge is 0.497 e. The van der Waals surface area contributed by atoms with E-state index in [-0.39, 0.29) is 18.6 Å². The zero-order valence-corrected chi connectivity index (χ0v) is 19.8. The first-order valence-electron chi connectivity index (χ1n) is 11.0. The highest BCUT2D eigenvalue weighted by molar-refractivity contribution is 6.03. The van der Waals surface area contributed by atoms with Crippen molar-refractivity contribution in [3.63, 3.8) is 0 Å². The number of hydrazone groups is 1. The lowest BCUT2D eigenvalue weighted by Crippen LogP contribution is -2.31. The summed E-state index contributed by atoms with van der Waals surface area (Å²) in [6, 6.07) is 19.6. The van der Waals surface area contributed by atoms with Crippen molar-refractivity contribution in [1.82, 2.24) is 5.01 Å². The number of hydrogen-bond donors (Lipinski definition) is 0. The van der Waals surface area contributed by atoms with Gasteiger partial charge in [-0.05, 0) is 48.0 Å². The maximum Gasteiger partial charge on any atom is 0.281 e. The summed E-state index contributed by atoms with van der Waals surface area (Å²) < 4.78 is 21.7. The van der Waals surface area contributed by atoms with Crippen molar-refractivity contribution < 1.29 is 28.5 Å². The van der Waals surface area contributed by atoms with Crippen LogP contribution in [0.25, 0.3) is 0 Å². The summed E-state index contributed by atoms with van der Waals surface area (Å²) in [4.78, 5) is 24.3. The van der Waals surface area contributed by atoms with Gasteiger partial charge in [0.25, 0.3) is 5.91 Å². The van der Waals surface area contributed by atoms with E-state index in [9.17, 15) is 9.59 Å². The number of ether oxygens (including phenoxy) is 4. The minimum Gasteiger partial charge on any atom is -0.497 e. The quantitative estimate of drug-likeness (QED) is 0.430. The third-order valence-corrected chi connectivity index (χ3v) is 5.74. The topological polar surface area (TPSA) is 86.7 Å². The Morgan fingerprint density at radius 3 is 2.40 bits per heavy atom. The molecule has 180 valence electrons. The predicted octanol–water partition coefficient (Wildman–Crippen LogP) is 4.28. The van der Waals surface area contributed by atoms with Crippen molar-refractivity contribution in [3.8, 4) is 23.0 Å². The minimum absolute atomic E-state index is 0.252. The van der Waals surface area contributed by atoms with Crippen molar-refractivity contribution in [1.29, 1.82) is 0 Å².